The van der Waals surface area contributed by atoms with Crippen molar-refractivity contribution in [3.05, 3.63) is 66.2 Å². The molecule has 3 aromatic rings. The fraction of sp³-hybridized carbons (Fsp3) is 0.100. The number of hydrogen-bond acceptors (Lipinski definition) is 3. The molecule has 0 saturated carbocycles. The van der Waals surface area contributed by atoms with E-state index in [-0.39, 0.29) is 18.6 Å². The molecule has 0 spiro atoms. The van der Waals surface area contributed by atoms with Gasteiger partial charge in [-0.25, -0.2) is 0 Å². The number of fused-ring (bicyclic) bond motifs is 2. The molecule has 120 valence electrons. The average Bonchev–Trinajstić information content (AvgIpc) is 2.57. The molecule has 24 heavy (non-hydrogen) atoms. The molecule has 0 amide bonds. The zero-order valence-corrected chi connectivity index (χ0v) is 12.9. The van der Waals surface area contributed by atoms with E-state index in [1.807, 2.05) is 54.6 Å². The summed E-state index contributed by atoms with van der Waals surface area (Å²) in [5.74, 6) is -1.59. The van der Waals surface area contributed by atoms with Gasteiger partial charge >= 0.3 is 5.97 Å². The van der Waals surface area contributed by atoms with Crippen molar-refractivity contribution in [2.45, 2.75) is 12.8 Å². The molecule has 0 aliphatic carbocycles. The first kappa shape index (κ1) is 15.7. The minimum atomic E-state index is -1.04. The van der Waals surface area contributed by atoms with Crippen molar-refractivity contribution in [2.24, 2.45) is 0 Å². The number of aliphatic hydroxyl groups is 1. The molecule has 4 nitrogen and oxygen atoms in total. The SMILES string of the molecule is O=C(O)CCC(=O)C=C(O)c1c2ccccc2cc2ccccc12. The van der Waals surface area contributed by atoms with Crippen LogP contribution in [0.1, 0.15) is 18.4 Å². The van der Waals surface area contributed by atoms with Gasteiger partial charge in [-0.3, -0.25) is 9.59 Å². The van der Waals surface area contributed by atoms with E-state index >= 15 is 0 Å². The highest BCUT2D eigenvalue weighted by Crippen LogP contribution is 2.32. The third-order valence-electron chi connectivity index (χ3n) is 3.91. The van der Waals surface area contributed by atoms with Crippen LogP contribution >= 0.6 is 0 Å². The second kappa shape index (κ2) is 6.54. The Hall–Kier alpha value is -3.14. The summed E-state index contributed by atoms with van der Waals surface area (Å²) in [4.78, 5) is 22.5. The lowest BCUT2D eigenvalue weighted by molar-refractivity contribution is -0.138. The number of carbonyl (C=O) groups excluding carboxylic acids is 1. The number of carboxylic acid groups (broad SMARTS) is 1. The van der Waals surface area contributed by atoms with Crippen LogP contribution in [-0.2, 0) is 9.59 Å². The van der Waals surface area contributed by atoms with E-state index in [1.165, 1.54) is 0 Å². The minimum Gasteiger partial charge on any atom is -0.507 e. The zero-order chi connectivity index (χ0) is 17.1. The number of benzene rings is 3. The van der Waals surface area contributed by atoms with Gasteiger partial charge < -0.3 is 10.2 Å². The maximum atomic E-state index is 11.9. The molecule has 0 bridgehead atoms. The van der Waals surface area contributed by atoms with Gasteiger partial charge in [-0.2, -0.15) is 0 Å². The predicted octanol–water partition coefficient (Wildman–Crippen LogP) is 4.33. The summed E-state index contributed by atoms with van der Waals surface area (Å²) in [6.45, 7) is 0. The van der Waals surface area contributed by atoms with Crippen molar-refractivity contribution in [3.63, 3.8) is 0 Å². The lowest BCUT2D eigenvalue weighted by Gasteiger charge is -2.11. The Kier molecular flexibility index (Phi) is 4.29. The first-order valence-corrected chi connectivity index (χ1v) is 7.62. The maximum Gasteiger partial charge on any atom is 0.303 e. The van der Waals surface area contributed by atoms with Crippen LogP contribution in [0.3, 0.4) is 0 Å². The van der Waals surface area contributed by atoms with E-state index in [2.05, 4.69) is 0 Å². The molecule has 0 saturated heterocycles. The zero-order valence-electron chi connectivity index (χ0n) is 12.9. The van der Waals surface area contributed by atoms with Crippen LogP contribution in [0.25, 0.3) is 27.3 Å². The van der Waals surface area contributed by atoms with Crippen molar-refractivity contribution >= 4 is 39.1 Å². The number of aliphatic hydroxyl groups excluding tert-OH is 1. The maximum absolute atomic E-state index is 11.9. The van der Waals surface area contributed by atoms with Crippen molar-refractivity contribution in [2.75, 3.05) is 0 Å². The highest BCUT2D eigenvalue weighted by molar-refractivity contribution is 6.10. The Morgan fingerprint density at radius 1 is 0.833 bits per heavy atom. The third-order valence-corrected chi connectivity index (χ3v) is 3.91. The minimum absolute atomic E-state index is 0.137. The monoisotopic (exact) mass is 320 g/mol. The van der Waals surface area contributed by atoms with Crippen LogP contribution in [0.4, 0.5) is 0 Å². The number of hydrogen-bond donors (Lipinski definition) is 2. The summed E-state index contributed by atoms with van der Waals surface area (Å²) in [6, 6.07) is 17.3. The van der Waals surface area contributed by atoms with Crippen molar-refractivity contribution in [3.8, 4) is 0 Å². The van der Waals surface area contributed by atoms with Gasteiger partial charge in [0, 0.05) is 18.1 Å². The largest absolute Gasteiger partial charge is 0.507 e. The average molecular weight is 320 g/mol. The van der Waals surface area contributed by atoms with E-state index in [0.717, 1.165) is 27.6 Å². The fourth-order valence-electron chi connectivity index (χ4n) is 2.82. The summed E-state index contributed by atoms with van der Waals surface area (Å²) in [5.41, 5.74) is 0.590. The van der Waals surface area contributed by atoms with Gasteiger partial charge in [0.25, 0.3) is 0 Å². The van der Waals surface area contributed by atoms with Crippen LogP contribution in [0, 0.1) is 0 Å². The number of aliphatic carboxylic acids is 1. The smallest absolute Gasteiger partial charge is 0.303 e. The molecule has 0 fully saturated rings. The van der Waals surface area contributed by atoms with Crippen molar-refractivity contribution in [1.29, 1.82) is 0 Å². The lowest BCUT2D eigenvalue weighted by Crippen LogP contribution is -2.01. The molecule has 0 heterocycles. The number of rotatable bonds is 5. The number of ketones is 1. The molecular weight excluding hydrogens is 304 g/mol. The molecule has 4 heteroatoms. The van der Waals surface area contributed by atoms with E-state index in [9.17, 15) is 14.7 Å². The van der Waals surface area contributed by atoms with E-state index in [0.29, 0.717) is 5.56 Å². The molecule has 2 N–H and O–H groups in total. The second-order valence-electron chi connectivity index (χ2n) is 5.58. The molecule has 0 aromatic heterocycles. The van der Waals surface area contributed by atoms with Crippen molar-refractivity contribution < 1.29 is 19.8 Å². The van der Waals surface area contributed by atoms with E-state index in [4.69, 9.17) is 5.11 Å². The van der Waals surface area contributed by atoms with Crippen LogP contribution in [-0.4, -0.2) is 22.0 Å². The van der Waals surface area contributed by atoms with Gasteiger partial charge in [0.05, 0.1) is 6.42 Å². The Balaban J connectivity index is 2.15. The summed E-state index contributed by atoms with van der Waals surface area (Å²) in [6.07, 6.45) is 0.734. The van der Waals surface area contributed by atoms with Crippen LogP contribution in [0.5, 0.6) is 0 Å². The molecule has 3 aromatic carbocycles. The van der Waals surface area contributed by atoms with Gasteiger partial charge in [-0.1, -0.05) is 48.5 Å². The third kappa shape index (κ3) is 3.13. The predicted molar refractivity (Wildman–Crippen MR) is 93.9 cm³/mol. The molecule has 0 unspecified atom stereocenters. The summed E-state index contributed by atoms with van der Waals surface area (Å²) in [5, 5.41) is 22.8. The Bertz CT molecular complexity index is 916. The first-order valence-electron chi connectivity index (χ1n) is 7.62. The van der Waals surface area contributed by atoms with Gasteiger partial charge in [-0.15, -0.1) is 0 Å². The van der Waals surface area contributed by atoms with Gasteiger partial charge in [-0.05, 0) is 27.6 Å². The topological polar surface area (TPSA) is 74.6 Å². The molecule has 0 radical (unpaired) electrons. The van der Waals surface area contributed by atoms with Crippen LogP contribution in [0.15, 0.2) is 60.7 Å². The highest BCUT2D eigenvalue weighted by Gasteiger charge is 2.13. The Morgan fingerprint density at radius 3 is 1.92 bits per heavy atom. The molecule has 0 aliphatic rings. The normalized spacial score (nSPS) is 11.8. The van der Waals surface area contributed by atoms with Crippen LogP contribution in [0.2, 0.25) is 0 Å². The standard InChI is InChI=1S/C20H16O4/c21-15(9-10-19(23)24)12-18(22)20-16-7-3-1-5-13(16)11-14-6-2-4-8-17(14)20/h1-8,11-12,22H,9-10H2,(H,23,24). The first-order chi connectivity index (χ1) is 11.6. The summed E-state index contributed by atoms with van der Waals surface area (Å²) in [7, 11) is 0. The molecule has 0 atom stereocenters. The number of carboxylic acids is 1. The number of allylic oxidation sites excluding steroid dienone is 1. The lowest BCUT2D eigenvalue weighted by atomic mass is 9.95. The number of carbonyl (C=O) groups is 2. The highest BCUT2D eigenvalue weighted by atomic mass is 16.4. The Labute approximate surface area is 138 Å². The summed E-state index contributed by atoms with van der Waals surface area (Å²) < 4.78 is 0. The second-order valence-corrected chi connectivity index (χ2v) is 5.58. The van der Waals surface area contributed by atoms with Crippen LogP contribution < -0.4 is 0 Å². The van der Waals surface area contributed by atoms with Gasteiger partial charge in [0.1, 0.15) is 5.76 Å². The van der Waals surface area contributed by atoms with Crippen molar-refractivity contribution in [1.82, 2.24) is 0 Å². The van der Waals surface area contributed by atoms with Gasteiger partial charge in [0.15, 0.2) is 5.78 Å². The quantitative estimate of drug-likeness (QED) is 0.417. The van der Waals surface area contributed by atoms with Gasteiger partial charge in [0.2, 0.25) is 0 Å². The molecular formula is C20H16O4. The summed E-state index contributed by atoms with van der Waals surface area (Å²) >= 11 is 0. The Morgan fingerprint density at radius 2 is 1.38 bits per heavy atom. The fourth-order valence-corrected chi connectivity index (χ4v) is 2.82. The van der Waals surface area contributed by atoms with E-state index in [1.54, 1.807) is 0 Å². The molecule has 0 aliphatic heterocycles. The molecule has 3 rings (SSSR count). The van der Waals surface area contributed by atoms with E-state index < -0.39 is 11.8 Å².